The first-order valence-corrected chi connectivity index (χ1v) is 14.9. The van der Waals surface area contributed by atoms with Crippen LogP contribution in [0, 0.1) is 0 Å². The van der Waals surface area contributed by atoms with Gasteiger partial charge in [0.15, 0.2) is 0 Å². The molecule has 8 N–H and O–H groups in total. The van der Waals surface area contributed by atoms with Crippen molar-refractivity contribution in [2.75, 3.05) is 55.6 Å². The van der Waals surface area contributed by atoms with Gasteiger partial charge in [-0.3, -0.25) is 13.9 Å². The van der Waals surface area contributed by atoms with E-state index in [2.05, 4.69) is 15.5 Å². The molecular weight excluding hydrogens is 530 g/mol. The number of aryl methyl sites for hydroxylation is 1. The first-order valence-electron chi connectivity index (χ1n) is 13.4. The molecule has 0 aromatic heterocycles. The molecule has 0 saturated heterocycles. The summed E-state index contributed by atoms with van der Waals surface area (Å²) in [6, 6.07) is 13.3. The third kappa shape index (κ3) is 10.8. The van der Waals surface area contributed by atoms with Crippen molar-refractivity contribution in [2.24, 2.45) is 17.2 Å². The average molecular weight is 574 g/mol. The van der Waals surface area contributed by atoms with Crippen LogP contribution in [0.4, 0.5) is 11.4 Å². The van der Waals surface area contributed by atoms with Crippen LogP contribution in [0.1, 0.15) is 24.0 Å². The van der Waals surface area contributed by atoms with Gasteiger partial charge in [0.05, 0.1) is 11.7 Å². The highest BCUT2D eigenvalue weighted by atomic mass is 32.2. The molecule has 0 aliphatic carbocycles. The van der Waals surface area contributed by atoms with Gasteiger partial charge >= 0.3 is 0 Å². The largest absolute Gasteiger partial charge is 0.343 e. The lowest BCUT2D eigenvalue weighted by atomic mass is 10.0. The molecule has 0 saturated carbocycles. The van der Waals surface area contributed by atoms with E-state index in [-0.39, 0.29) is 12.3 Å². The Morgan fingerprint density at radius 1 is 1.10 bits per heavy atom. The zero-order valence-electron chi connectivity index (χ0n) is 23.4. The summed E-state index contributed by atoms with van der Waals surface area (Å²) < 4.78 is 13.7. The summed E-state index contributed by atoms with van der Waals surface area (Å²) in [5, 5.41) is 5.55. The maximum Gasteiger partial charge on any atom is 0.246 e. The Balaban J connectivity index is 0.000000611. The minimum Gasteiger partial charge on any atom is -0.343 e. The van der Waals surface area contributed by atoms with Gasteiger partial charge in [-0.05, 0) is 55.6 Å². The average Bonchev–Trinajstić information content (AvgIpc) is 3.36. The van der Waals surface area contributed by atoms with Gasteiger partial charge in [-0.1, -0.05) is 30.3 Å². The second kappa shape index (κ2) is 17.5. The minimum atomic E-state index is -1.10. The van der Waals surface area contributed by atoms with Crippen LogP contribution in [0.15, 0.2) is 48.5 Å². The van der Waals surface area contributed by atoms with Crippen LogP contribution in [0.25, 0.3) is 0 Å². The molecule has 220 valence electrons. The van der Waals surface area contributed by atoms with E-state index in [1.54, 1.807) is 12.3 Å². The van der Waals surface area contributed by atoms with E-state index in [1.165, 1.54) is 0 Å². The lowest BCUT2D eigenvalue weighted by molar-refractivity contribution is -0.128. The number of anilines is 2. The minimum absolute atomic E-state index is 0.112. The predicted octanol–water partition coefficient (Wildman–Crippen LogP) is 0.151. The fraction of sp³-hybridized carbons (Fsp3) is 0.464. The first-order chi connectivity index (χ1) is 19.2. The third-order valence-electron chi connectivity index (χ3n) is 6.42. The third-order valence-corrected chi connectivity index (χ3v) is 7.42. The normalized spacial score (nSPS) is 14.4. The molecule has 12 heteroatoms. The summed E-state index contributed by atoms with van der Waals surface area (Å²) in [6.45, 7) is 3.99. The van der Waals surface area contributed by atoms with E-state index >= 15 is 0 Å². The molecule has 1 aliphatic heterocycles. The number of benzene rings is 2. The van der Waals surface area contributed by atoms with Gasteiger partial charge in [0.25, 0.3) is 0 Å². The van der Waals surface area contributed by atoms with Crippen LogP contribution >= 0.6 is 0 Å². The van der Waals surface area contributed by atoms with Gasteiger partial charge in [-0.25, -0.2) is 4.21 Å². The number of nitrogens with zero attached hydrogens (tertiary/aromatic N) is 2. The van der Waals surface area contributed by atoms with Crippen molar-refractivity contribution in [3.8, 4) is 0 Å². The second-order valence-electron chi connectivity index (χ2n) is 9.58. The molecule has 40 heavy (non-hydrogen) atoms. The van der Waals surface area contributed by atoms with Crippen molar-refractivity contribution in [3.05, 3.63) is 59.7 Å². The summed E-state index contributed by atoms with van der Waals surface area (Å²) in [4.78, 5) is 38.2. The molecule has 2 aromatic rings. The number of aldehydes is 1. The van der Waals surface area contributed by atoms with Crippen molar-refractivity contribution in [2.45, 2.75) is 37.8 Å². The van der Waals surface area contributed by atoms with Crippen LogP contribution < -0.4 is 32.1 Å². The predicted molar refractivity (Wildman–Crippen MR) is 161 cm³/mol. The number of nitrogens with one attached hydrogen (secondary N) is 2. The SMILES string of the molecule is CN(CCN)CCN.CS(=O)N1CCc2cc(NC(=O)C(CCc3ccccc3)NC(=O)C(N)CC=O)ccc21. The number of hydrogen-bond donors (Lipinski definition) is 5. The van der Waals surface area contributed by atoms with Crippen molar-refractivity contribution < 1.29 is 18.6 Å². The molecule has 3 unspecified atom stereocenters. The van der Waals surface area contributed by atoms with Crippen molar-refractivity contribution in [3.63, 3.8) is 0 Å². The Hall–Kier alpha value is -3.16. The van der Waals surface area contributed by atoms with Crippen molar-refractivity contribution >= 4 is 40.5 Å². The molecule has 0 bridgehead atoms. The van der Waals surface area contributed by atoms with Gasteiger partial charge in [-0.15, -0.1) is 0 Å². The molecule has 2 aromatic carbocycles. The molecule has 3 atom stereocenters. The van der Waals surface area contributed by atoms with Crippen LogP contribution in [-0.2, 0) is 38.2 Å². The number of rotatable bonds is 14. The molecule has 0 spiro atoms. The number of nitrogens with two attached hydrogens (primary N) is 3. The highest BCUT2D eigenvalue weighted by Gasteiger charge is 2.25. The molecule has 1 heterocycles. The molecule has 0 radical (unpaired) electrons. The van der Waals surface area contributed by atoms with Gasteiger partial charge in [0.2, 0.25) is 11.8 Å². The summed E-state index contributed by atoms with van der Waals surface area (Å²) >= 11 is 0. The van der Waals surface area contributed by atoms with Crippen molar-refractivity contribution in [1.82, 2.24) is 10.2 Å². The summed E-state index contributed by atoms with van der Waals surface area (Å²) in [7, 11) is 0.914. The summed E-state index contributed by atoms with van der Waals surface area (Å²) in [5.74, 6) is -0.901. The number of likely N-dealkylation sites (N-methyl/N-ethyl adjacent to an activating group) is 1. The van der Waals surface area contributed by atoms with E-state index in [1.807, 2.05) is 53.8 Å². The highest BCUT2D eigenvalue weighted by Crippen LogP contribution is 2.31. The van der Waals surface area contributed by atoms with E-state index in [0.717, 1.165) is 49.4 Å². The number of carbonyl (C=O) groups excluding carboxylic acids is 3. The molecule has 11 nitrogen and oxygen atoms in total. The molecule has 1 aliphatic rings. The van der Waals surface area contributed by atoms with Crippen LogP contribution in [0.5, 0.6) is 0 Å². The maximum absolute atomic E-state index is 13.0. The van der Waals surface area contributed by atoms with Crippen LogP contribution in [0.3, 0.4) is 0 Å². The van der Waals surface area contributed by atoms with E-state index in [9.17, 15) is 18.6 Å². The lowest BCUT2D eigenvalue weighted by Crippen LogP contribution is -2.50. The van der Waals surface area contributed by atoms with Crippen LogP contribution in [0.2, 0.25) is 0 Å². The lowest BCUT2D eigenvalue weighted by Gasteiger charge is -2.21. The van der Waals surface area contributed by atoms with Gasteiger partial charge in [0.1, 0.15) is 23.3 Å². The van der Waals surface area contributed by atoms with Gasteiger partial charge in [0, 0.05) is 51.1 Å². The monoisotopic (exact) mass is 573 g/mol. The molecule has 0 fully saturated rings. The molecule has 3 rings (SSSR count). The van der Waals surface area contributed by atoms with E-state index in [4.69, 9.17) is 17.2 Å². The summed E-state index contributed by atoms with van der Waals surface area (Å²) in [6.07, 6.45) is 3.82. The quantitative estimate of drug-likeness (QED) is 0.198. The zero-order chi connectivity index (χ0) is 29.5. The van der Waals surface area contributed by atoms with E-state index < -0.39 is 29.0 Å². The second-order valence-corrected chi connectivity index (χ2v) is 10.9. The topological polar surface area (TPSA) is 177 Å². The van der Waals surface area contributed by atoms with Crippen LogP contribution in [-0.4, -0.2) is 85.3 Å². The van der Waals surface area contributed by atoms with Gasteiger partial charge in [-0.2, -0.15) is 0 Å². The Morgan fingerprint density at radius 2 is 1.77 bits per heavy atom. The number of fused-ring (bicyclic) bond motifs is 1. The number of hydrogen-bond acceptors (Lipinski definition) is 8. The zero-order valence-corrected chi connectivity index (χ0v) is 24.2. The van der Waals surface area contributed by atoms with Crippen molar-refractivity contribution in [1.29, 1.82) is 0 Å². The Bertz CT molecular complexity index is 1110. The Kier molecular flexibility index (Phi) is 14.5. The number of carbonyl (C=O) groups is 3. The highest BCUT2D eigenvalue weighted by molar-refractivity contribution is 7.85. The first kappa shape index (κ1) is 33.0. The Labute approximate surface area is 239 Å². The summed E-state index contributed by atoms with van der Waals surface area (Å²) in [5.41, 5.74) is 19.8. The maximum atomic E-state index is 13.0. The number of amides is 2. The molecule has 2 amide bonds. The molecular formula is C28H43N7O4S. The van der Waals surface area contributed by atoms with Gasteiger partial charge < -0.3 is 37.5 Å². The standard InChI is InChI=1S/C23H28N4O4S.C5H15N3/c1-32(31)27-13-11-17-15-18(8-10-21(17)27)25-23(30)20(26-22(29)19(24)12-14-28)9-7-16-5-3-2-4-6-16;1-8(4-2-6)5-3-7/h2-6,8,10,14-15,19-20H,7,9,11-13,24H2,1H3,(H,25,30)(H,26,29);2-7H2,1H3. The van der Waals surface area contributed by atoms with E-state index in [0.29, 0.717) is 31.4 Å². The smallest absolute Gasteiger partial charge is 0.246 e. The Morgan fingerprint density at radius 3 is 2.38 bits per heavy atom. The fourth-order valence-corrected chi connectivity index (χ4v) is 5.02. The fourth-order valence-electron chi connectivity index (χ4n) is 4.21.